The zero-order valence-electron chi connectivity index (χ0n) is 14.1. The Bertz CT molecular complexity index is 602. The normalized spacial score (nSPS) is 12.8. The molecule has 0 radical (unpaired) electrons. The highest BCUT2D eigenvalue weighted by Crippen LogP contribution is 2.10. The minimum absolute atomic E-state index is 0.0824. The minimum Gasteiger partial charge on any atom is -0.394 e. The van der Waals surface area contributed by atoms with E-state index in [4.69, 9.17) is 0 Å². The highest BCUT2D eigenvalue weighted by atomic mass is 16.3. The van der Waals surface area contributed by atoms with Gasteiger partial charge in [-0.05, 0) is 25.8 Å². The summed E-state index contributed by atoms with van der Waals surface area (Å²) in [5.41, 5.74) is 2.19. The molecule has 22 heavy (non-hydrogen) atoms. The number of aromatic nitrogens is 5. The SMILES string of the molecule is CC[C@H](C)Cc1nc(CCn2nc(C)cc2C)n(CCO)n1. The highest BCUT2D eigenvalue weighted by Gasteiger charge is 2.12. The molecule has 0 unspecified atom stereocenters. The first-order chi connectivity index (χ1) is 10.5. The molecule has 1 atom stereocenters. The smallest absolute Gasteiger partial charge is 0.151 e. The second kappa shape index (κ2) is 7.54. The van der Waals surface area contributed by atoms with Gasteiger partial charge in [0.2, 0.25) is 0 Å². The van der Waals surface area contributed by atoms with E-state index in [0.29, 0.717) is 12.5 Å². The van der Waals surface area contributed by atoms with E-state index >= 15 is 0 Å². The molecule has 122 valence electrons. The van der Waals surface area contributed by atoms with Gasteiger partial charge in [-0.15, -0.1) is 0 Å². The molecule has 0 aliphatic rings. The lowest BCUT2D eigenvalue weighted by Crippen LogP contribution is -2.12. The van der Waals surface area contributed by atoms with Crippen LogP contribution in [-0.4, -0.2) is 36.3 Å². The van der Waals surface area contributed by atoms with Crippen molar-refractivity contribution < 1.29 is 5.11 Å². The molecule has 0 aliphatic heterocycles. The van der Waals surface area contributed by atoms with E-state index < -0.39 is 0 Å². The Hall–Kier alpha value is -1.69. The van der Waals surface area contributed by atoms with Crippen molar-refractivity contribution >= 4 is 0 Å². The van der Waals surface area contributed by atoms with E-state index in [2.05, 4.69) is 42.0 Å². The molecular weight excluding hydrogens is 278 g/mol. The molecule has 6 nitrogen and oxygen atoms in total. The molecule has 2 aromatic rings. The van der Waals surface area contributed by atoms with Gasteiger partial charge in [0.1, 0.15) is 5.82 Å². The van der Waals surface area contributed by atoms with E-state index in [1.807, 2.05) is 16.3 Å². The third kappa shape index (κ3) is 4.16. The molecule has 0 amide bonds. The molecule has 1 N–H and O–H groups in total. The summed E-state index contributed by atoms with van der Waals surface area (Å²) in [6.07, 6.45) is 2.78. The lowest BCUT2D eigenvalue weighted by molar-refractivity contribution is 0.266. The second-order valence-electron chi connectivity index (χ2n) is 6.01. The van der Waals surface area contributed by atoms with Gasteiger partial charge < -0.3 is 5.11 Å². The third-order valence-corrected chi connectivity index (χ3v) is 3.98. The number of nitrogens with zero attached hydrogens (tertiary/aromatic N) is 5. The fraction of sp³-hybridized carbons (Fsp3) is 0.688. The van der Waals surface area contributed by atoms with E-state index in [0.717, 1.165) is 48.8 Å². The van der Waals surface area contributed by atoms with Crippen LogP contribution in [-0.2, 0) is 25.9 Å². The van der Waals surface area contributed by atoms with Crippen LogP contribution in [0.15, 0.2) is 6.07 Å². The predicted molar refractivity (Wildman–Crippen MR) is 85.7 cm³/mol. The maximum absolute atomic E-state index is 9.21. The van der Waals surface area contributed by atoms with Gasteiger partial charge in [0.05, 0.1) is 18.8 Å². The topological polar surface area (TPSA) is 68.8 Å². The van der Waals surface area contributed by atoms with Crippen LogP contribution in [0.4, 0.5) is 0 Å². The maximum Gasteiger partial charge on any atom is 0.151 e. The van der Waals surface area contributed by atoms with Crippen LogP contribution >= 0.6 is 0 Å². The second-order valence-corrected chi connectivity index (χ2v) is 6.01. The summed E-state index contributed by atoms with van der Waals surface area (Å²) in [6, 6.07) is 2.08. The van der Waals surface area contributed by atoms with Crippen LogP contribution < -0.4 is 0 Å². The molecule has 0 aromatic carbocycles. The molecule has 0 saturated heterocycles. The number of aliphatic hydroxyl groups excluding tert-OH is 1. The van der Waals surface area contributed by atoms with Crippen LogP contribution in [0.3, 0.4) is 0 Å². The van der Waals surface area contributed by atoms with Gasteiger partial charge in [-0.3, -0.25) is 4.68 Å². The Kier molecular flexibility index (Phi) is 5.71. The molecule has 2 heterocycles. The summed E-state index contributed by atoms with van der Waals surface area (Å²) in [5, 5.41) is 18.2. The van der Waals surface area contributed by atoms with Gasteiger partial charge >= 0.3 is 0 Å². The van der Waals surface area contributed by atoms with Crippen molar-refractivity contribution in [2.24, 2.45) is 5.92 Å². The average molecular weight is 305 g/mol. The number of aryl methyl sites for hydroxylation is 4. The molecule has 0 bridgehead atoms. The Labute approximate surface area is 132 Å². The average Bonchev–Trinajstić information content (AvgIpc) is 2.99. The first-order valence-electron chi connectivity index (χ1n) is 8.08. The van der Waals surface area contributed by atoms with Crippen molar-refractivity contribution in [3.8, 4) is 0 Å². The predicted octanol–water partition coefficient (Wildman–Crippen LogP) is 1.92. The van der Waals surface area contributed by atoms with Crippen LogP contribution in [0.5, 0.6) is 0 Å². The fourth-order valence-corrected chi connectivity index (χ4v) is 2.53. The molecule has 6 heteroatoms. The minimum atomic E-state index is 0.0824. The van der Waals surface area contributed by atoms with Crippen LogP contribution in [0, 0.1) is 19.8 Å². The van der Waals surface area contributed by atoms with E-state index in [-0.39, 0.29) is 6.61 Å². The van der Waals surface area contributed by atoms with Gasteiger partial charge in [0.15, 0.2) is 5.82 Å². The van der Waals surface area contributed by atoms with Crippen molar-refractivity contribution in [1.29, 1.82) is 0 Å². The van der Waals surface area contributed by atoms with Gasteiger partial charge in [-0.25, -0.2) is 9.67 Å². The van der Waals surface area contributed by atoms with Crippen molar-refractivity contribution in [3.05, 3.63) is 29.1 Å². The first-order valence-corrected chi connectivity index (χ1v) is 8.08. The number of aliphatic hydroxyl groups is 1. The molecule has 2 aromatic heterocycles. The Balaban J connectivity index is 2.09. The molecule has 0 fully saturated rings. The van der Waals surface area contributed by atoms with Crippen molar-refractivity contribution in [2.75, 3.05) is 6.61 Å². The van der Waals surface area contributed by atoms with Gasteiger partial charge in [-0.1, -0.05) is 20.3 Å². The number of hydrogen-bond donors (Lipinski definition) is 1. The maximum atomic E-state index is 9.21. The molecule has 2 rings (SSSR count). The summed E-state index contributed by atoms with van der Waals surface area (Å²) in [5.74, 6) is 2.39. The number of rotatable bonds is 8. The lowest BCUT2D eigenvalue weighted by Gasteiger charge is -2.05. The van der Waals surface area contributed by atoms with Gasteiger partial charge in [0.25, 0.3) is 0 Å². The third-order valence-electron chi connectivity index (χ3n) is 3.98. The van der Waals surface area contributed by atoms with Crippen LogP contribution in [0.25, 0.3) is 0 Å². The van der Waals surface area contributed by atoms with Gasteiger partial charge in [-0.2, -0.15) is 10.2 Å². The largest absolute Gasteiger partial charge is 0.394 e. The zero-order valence-corrected chi connectivity index (χ0v) is 14.1. The lowest BCUT2D eigenvalue weighted by atomic mass is 10.1. The standard InChI is InChI=1S/C16H27N5O/c1-5-12(2)10-15-17-16(21(19-15)8-9-22)6-7-20-14(4)11-13(3)18-20/h11-12,22H,5-10H2,1-4H3/t12-/m0/s1. The summed E-state index contributed by atoms with van der Waals surface area (Å²) in [7, 11) is 0. The zero-order chi connectivity index (χ0) is 16.1. The number of hydrogen-bond acceptors (Lipinski definition) is 4. The van der Waals surface area contributed by atoms with Crippen molar-refractivity contribution in [1.82, 2.24) is 24.5 Å². The summed E-state index contributed by atoms with van der Waals surface area (Å²) in [6.45, 7) is 9.82. The van der Waals surface area contributed by atoms with Crippen molar-refractivity contribution in [2.45, 2.75) is 60.0 Å². The van der Waals surface area contributed by atoms with Crippen LogP contribution in [0.2, 0.25) is 0 Å². The van der Waals surface area contributed by atoms with Crippen molar-refractivity contribution in [3.63, 3.8) is 0 Å². The Morgan fingerprint density at radius 3 is 2.55 bits per heavy atom. The monoisotopic (exact) mass is 305 g/mol. The highest BCUT2D eigenvalue weighted by molar-refractivity contribution is 5.07. The van der Waals surface area contributed by atoms with Gasteiger partial charge in [0, 0.05) is 25.1 Å². The summed E-state index contributed by atoms with van der Waals surface area (Å²) in [4.78, 5) is 4.67. The summed E-state index contributed by atoms with van der Waals surface area (Å²) >= 11 is 0. The molecule has 0 aliphatic carbocycles. The Morgan fingerprint density at radius 1 is 1.18 bits per heavy atom. The van der Waals surface area contributed by atoms with Crippen LogP contribution in [0.1, 0.15) is 43.3 Å². The molecule has 0 saturated carbocycles. The molecular formula is C16H27N5O. The Morgan fingerprint density at radius 2 is 1.95 bits per heavy atom. The summed E-state index contributed by atoms with van der Waals surface area (Å²) < 4.78 is 3.84. The van der Waals surface area contributed by atoms with E-state index in [1.165, 1.54) is 0 Å². The first kappa shape index (κ1) is 16.7. The fourth-order valence-electron chi connectivity index (χ4n) is 2.53. The van der Waals surface area contributed by atoms with E-state index in [1.54, 1.807) is 0 Å². The molecule has 0 spiro atoms. The quantitative estimate of drug-likeness (QED) is 0.809. The van der Waals surface area contributed by atoms with E-state index in [9.17, 15) is 5.11 Å².